The summed E-state index contributed by atoms with van der Waals surface area (Å²) >= 11 is 4.80. The topological polar surface area (TPSA) is 78.2 Å². The van der Waals surface area contributed by atoms with E-state index in [1.165, 1.54) is 12.5 Å². The highest BCUT2D eigenvalue weighted by Crippen LogP contribution is 2.35. The van der Waals surface area contributed by atoms with Crippen molar-refractivity contribution in [2.75, 3.05) is 0 Å². The van der Waals surface area contributed by atoms with Crippen LogP contribution in [-0.2, 0) is 0 Å². The van der Waals surface area contributed by atoms with Crippen molar-refractivity contribution in [3.05, 3.63) is 48.6 Å². The van der Waals surface area contributed by atoms with Crippen LogP contribution in [0.5, 0.6) is 11.6 Å². The van der Waals surface area contributed by atoms with Gasteiger partial charge < -0.3 is 4.74 Å². The largest absolute Gasteiger partial charge is 0.430 e. The predicted octanol–water partition coefficient (Wildman–Crippen LogP) is 3.68. The number of hydrogen-bond acceptors (Lipinski definition) is 5. The van der Waals surface area contributed by atoms with Crippen LogP contribution < -0.4 is 4.74 Å². The van der Waals surface area contributed by atoms with E-state index in [9.17, 15) is 14.5 Å². The highest BCUT2D eigenvalue weighted by Gasteiger charge is 2.20. The van der Waals surface area contributed by atoms with E-state index in [-0.39, 0.29) is 21.8 Å². The van der Waals surface area contributed by atoms with Gasteiger partial charge in [0.05, 0.1) is 13.0 Å². The van der Waals surface area contributed by atoms with Crippen LogP contribution in [0, 0.1) is 19.5 Å². The molecule has 0 fully saturated rings. The smallest absolute Gasteiger partial charge is 0.312 e. The molecule has 0 aliphatic carbocycles. The molecule has 1 heterocycles. The van der Waals surface area contributed by atoms with Gasteiger partial charge in [-0.2, -0.15) is 0 Å². The molecule has 2 rings (SSSR count). The van der Waals surface area contributed by atoms with Crippen LogP contribution in [0.3, 0.4) is 0 Å². The van der Waals surface area contributed by atoms with Crippen LogP contribution in [-0.4, -0.2) is 14.9 Å². The molecule has 0 unspecified atom stereocenters. The predicted molar refractivity (Wildman–Crippen MR) is 75.6 cm³/mol. The van der Waals surface area contributed by atoms with E-state index in [0.29, 0.717) is 3.57 Å². The van der Waals surface area contributed by atoms with Crippen LogP contribution in [0.4, 0.5) is 10.1 Å². The molecule has 0 saturated heterocycles. The molecule has 0 aliphatic rings. The Hall–Kier alpha value is -1.36. The lowest BCUT2D eigenvalue weighted by molar-refractivity contribution is -0.385. The van der Waals surface area contributed by atoms with E-state index >= 15 is 0 Å². The summed E-state index contributed by atoms with van der Waals surface area (Å²) in [6.07, 6.45) is 2.71. The molecule has 0 radical (unpaired) electrons. The van der Waals surface area contributed by atoms with Crippen molar-refractivity contribution < 1.29 is 14.1 Å². The zero-order valence-electron chi connectivity index (χ0n) is 9.01. The van der Waals surface area contributed by atoms with E-state index in [4.69, 9.17) is 4.74 Å². The number of aromatic nitrogens is 2. The standard InChI is InChI=1S/C10H4BrFIN3O3/c11-5-1-8(16(17)18)9(2-6(5)12)19-10-7(13)3-14-4-15-10/h1-4H. The van der Waals surface area contributed by atoms with Crippen molar-refractivity contribution in [3.8, 4) is 11.6 Å². The third kappa shape index (κ3) is 3.15. The minimum atomic E-state index is -0.662. The lowest BCUT2D eigenvalue weighted by Crippen LogP contribution is -1.98. The summed E-state index contributed by atoms with van der Waals surface area (Å²) in [5.41, 5.74) is -0.359. The molecule has 0 saturated carbocycles. The first-order valence-corrected chi connectivity index (χ1v) is 6.63. The number of nitro benzene ring substituents is 1. The summed E-state index contributed by atoms with van der Waals surface area (Å²) < 4.78 is 19.3. The van der Waals surface area contributed by atoms with Gasteiger partial charge in [-0.1, -0.05) is 0 Å². The Balaban J connectivity index is 2.48. The highest BCUT2D eigenvalue weighted by atomic mass is 127. The first-order valence-electron chi connectivity index (χ1n) is 4.76. The van der Waals surface area contributed by atoms with Gasteiger partial charge in [0.1, 0.15) is 12.1 Å². The Bertz CT molecular complexity index is 656. The van der Waals surface area contributed by atoms with Gasteiger partial charge in [0.25, 0.3) is 0 Å². The lowest BCUT2D eigenvalue weighted by atomic mass is 10.3. The maximum atomic E-state index is 13.4. The Morgan fingerprint density at radius 3 is 2.84 bits per heavy atom. The van der Waals surface area contributed by atoms with Crippen LogP contribution in [0.1, 0.15) is 0 Å². The fourth-order valence-electron chi connectivity index (χ4n) is 1.22. The van der Waals surface area contributed by atoms with Crippen molar-refractivity contribution in [1.82, 2.24) is 9.97 Å². The molecule has 2 aromatic rings. The number of hydrogen-bond donors (Lipinski definition) is 0. The zero-order chi connectivity index (χ0) is 14.0. The normalized spacial score (nSPS) is 10.3. The molecule has 0 aliphatic heterocycles. The van der Waals surface area contributed by atoms with Gasteiger partial charge >= 0.3 is 5.69 Å². The second-order valence-electron chi connectivity index (χ2n) is 3.27. The van der Waals surface area contributed by atoms with Gasteiger partial charge in [-0.05, 0) is 38.5 Å². The zero-order valence-corrected chi connectivity index (χ0v) is 12.8. The third-order valence-electron chi connectivity index (χ3n) is 2.04. The first kappa shape index (κ1) is 14.1. The number of benzene rings is 1. The van der Waals surface area contributed by atoms with E-state index in [2.05, 4.69) is 25.9 Å². The van der Waals surface area contributed by atoms with Crippen LogP contribution >= 0.6 is 38.5 Å². The molecule has 9 heteroatoms. The number of halogens is 3. The van der Waals surface area contributed by atoms with Crippen LogP contribution in [0.2, 0.25) is 0 Å². The molecule has 6 nitrogen and oxygen atoms in total. The molecule has 0 spiro atoms. The Labute approximate surface area is 128 Å². The Morgan fingerprint density at radius 2 is 2.21 bits per heavy atom. The highest BCUT2D eigenvalue weighted by molar-refractivity contribution is 14.1. The van der Waals surface area contributed by atoms with Crippen molar-refractivity contribution in [1.29, 1.82) is 0 Å². The number of rotatable bonds is 3. The van der Waals surface area contributed by atoms with Gasteiger partial charge in [-0.15, -0.1) is 0 Å². The van der Waals surface area contributed by atoms with Gasteiger partial charge in [0.2, 0.25) is 11.6 Å². The van der Waals surface area contributed by atoms with Crippen molar-refractivity contribution in [2.45, 2.75) is 0 Å². The van der Waals surface area contributed by atoms with Crippen molar-refractivity contribution >= 4 is 44.2 Å². The molecule has 0 N–H and O–H groups in total. The second-order valence-corrected chi connectivity index (χ2v) is 5.29. The maximum absolute atomic E-state index is 13.4. The third-order valence-corrected chi connectivity index (χ3v) is 3.39. The van der Waals surface area contributed by atoms with E-state index in [1.54, 1.807) is 0 Å². The average Bonchev–Trinajstić information content (AvgIpc) is 2.36. The first-order chi connectivity index (χ1) is 8.99. The molecular formula is C10H4BrFIN3O3. The van der Waals surface area contributed by atoms with E-state index < -0.39 is 10.7 Å². The Kier molecular flexibility index (Phi) is 4.24. The fourth-order valence-corrected chi connectivity index (χ4v) is 1.96. The molecule has 0 atom stereocenters. The number of ether oxygens (including phenoxy) is 1. The van der Waals surface area contributed by atoms with Gasteiger partial charge in [-0.25, -0.2) is 14.4 Å². The summed E-state index contributed by atoms with van der Waals surface area (Å²) in [5.74, 6) is -0.757. The maximum Gasteiger partial charge on any atom is 0.312 e. The average molecular weight is 440 g/mol. The minimum Gasteiger partial charge on any atom is -0.430 e. The van der Waals surface area contributed by atoms with Gasteiger partial charge in [0, 0.05) is 18.3 Å². The molecular weight excluding hydrogens is 436 g/mol. The number of nitro groups is 1. The number of nitrogens with zero attached hydrogens (tertiary/aromatic N) is 3. The van der Waals surface area contributed by atoms with Crippen molar-refractivity contribution in [2.24, 2.45) is 0 Å². The molecule has 1 aromatic carbocycles. The Morgan fingerprint density at radius 1 is 1.47 bits per heavy atom. The molecule has 98 valence electrons. The summed E-state index contributed by atoms with van der Waals surface area (Å²) in [6.45, 7) is 0. The molecule has 0 amide bonds. The summed E-state index contributed by atoms with van der Waals surface area (Å²) in [6, 6.07) is 1.97. The molecule has 1 aromatic heterocycles. The van der Waals surface area contributed by atoms with Crippen LogP contribution in [0.15, 0.2) is 29.1 Å². The van der Waals surface area contributed by atoms with E-state index in [0.717, 1.165) is 12.1 Å². The molecule has 0 bridgehead atoms. The van der Waals surface area contributed by atoms with Crippen LogP contribution in [0.25, 0.3) is 0 Å². The van der Waals surface area contributed by atoms with Gasteiger partial charge in [-0.3, -0.25) is 10.1 Å². The SMILES string of the molecule is O=[N+]([O-])c1cc(Br)c(F)cc1Oc1ncncc1I. The van der Waals surface area contributed by atoms with Crippen molar-refractivity contribution in [3.63, 3.8) is 0 Å². The fraction of sp³-hybridized carbons (Fsp3) is 0. The minimum absolute atomic E-state index is 0.0102. The summed E-state index contributed by atoms with van der Waals surface area (Å²) in [7, 11) is 0. The second kappa shape index (κ2) is 5.74. The quantitative estimate of drug-likeness (QED) is 0.414. The lowest BCUT2D eigenvalue weighted by Gasteiger charge is -2.07. The molecule has 19 heavy (non-hydrogen) atoms. The van der Waals surface area contributed by atoms with Gasteiger partial charge in [0.15, 0.2) is 0 Å². The van der Waals surface area contributed by atoms with E-state index in [1.807, 2.05) is 22.6 Å². The summed E-state index contributed by atoms with van der Waals surface area (Å²) in [5, 5.41) is 10.9. The summed E-state index contributed by atoms with van der Waals surface area (Å²) in [4.78, 5) is 17.8. The monoisotopic (exact) mass is 439 g/mol.